The molecule has 0 spiro atoms. The molecule has 150 valence electrons. The standard InChI is InChI=1S/C23H31N3O2/c1-17-11-12-19(21(14-17)27-3)15-25-23(24-2)26-16-20-10-7-13-28-22(20)18-8-5-4-6-9-18/h4-6,8-9,11-12,14,20,22H,7,10,13,15-16H2,1-3H3,(H2,24,25,26). The number of aryl methyl sites for hydroxylation is 1. The van der Waals surface area contributed by atoms with Gasteiger partial charge in [0.1, 0.15) is 5.75 Å². The lowest BCUT2D eigenvalue weighted by molar-refractivity contribution is -0.0265. The summed E-state index contributed by atoms with van der Waals surface area (Å²) in [5.41, 5.74) is 3.55. The molecule has 5 nitrogen and oxygen atoms in total. The summed E-state index contributed by atoms with van der Waals surface area (Å²) in [4.78, 5) is 4.37. The van der Waals surface area contributed by atoms with Crippen molar-refractivity contribution in [3.63, 3.8) is 0 Å². The molecule has 0 bridgehead atoms. The molecule has 1 saturated heterocycles. The predicted octanol–water partition coefficient (Wildman–Crippen LogP) is 3.84. The summed E-state index contributed by atoms with van der Waals surface area (Å²) in [6.45, 7) is 4.38. The van der Waals surface area contributed by atoms with Gasteiger partial charge in [0, 0.05) is 38.2 Å². The van der Waals surface area contributed by atoms with Gasteiger partial charge < -0.3 is 20.1 Å². The van der Waals surface area contributed by atoms with E-state index >= 15 is 0 Å². The second-order valence-electron chi connectivity index (χ2n) is 7.23. The molecule has 0 saturated carbocycles. The highest BCUT2D eigenvalue weighted by Crippen LogP contribution is 2.33. The topological polar surface area (TPSA) is 54.9 Å². The molecule has 2 aromatic carbocycles. The third-order valence-corrected chi connectivity index (χ3v) is 5.22. The van der Waals surface area contributed by atoms with Crippen LogP contribution >= 0.6 is 0 Å². The second kappa shape index (κ2) is 10.1. The summed E-state index contributed by atoms with van der Waals surface area (Å²) in [6, 6.07) is 16.7. The minimum absolute atomic E-state index is 0.137. The van der Waals surface area contributed by atoms with E-state index in [-0.39, 0.29) is 6.10 Å². The van der Waals surface area contributed by atoms with E-state index < -0.39 is 0 Å². The second-order valence-corrected chi connectivity index (χ2v) is 7.23. The third kappa shape index (κ3) is 5.26. The van der Waals surface area contributed by atoms with Crippen LogP contribution < -0.4 is 15.4 Å². The molecule has 28 heavy (non-hydrogen) atoms. The smallest absolute Gasteiger partial charge is 0.191 e. The third-order valence-electron chi connectivity index (χ3n) is 5.22. The lowest BCUT2D eigenvalue weighted by Gasteiger charge is -2.32. The first-order chi connectivity index (χ1) is 13.7. The van der Waals surface area contributed by atoms with Crippen LogP contribution in [-0.4, -0.2) is 33.3 Å². The Labute approximate surface area is 168 Å². The van der Waals surface area contributed by atoms with Crippen molar-refractivity contribution in [2.45, 2.75) is 32.4 Å². The largest absolute Gasteiger partial charge is 0.496 e. The number of ether oxygens (including phenoxy) is 2. The Bertz CT molecular complexity index is 777. The first kappa shape index (κ1) is 20.2. The summed E-state index contributed by atoms with van der Waals surface area (Å²) >= 11 is 0. The molecule has 1 heterocycles. The number of methoxy groups -OCH3 is 1. The molecule has 2 atom stereocenters. The van der Waals surface area contributed by atoms with Crippen LogP contribution in [0.1, 0.15) is 35.6 Å². The highest BCUT2D eigenvalue weighted by atomic mass is 16.5. The van der Waals surface area contributed by atoms with E-state index in [0.717, 1.165) is 43.3 Å². The Morgan fingerprint density at radius 1 is 1.18 bits per heavy atom. The van der Waals surface area contributed by atoms with E-state index in [1.165, 1.54) is 11.1 Å². The molecule has 1 aliphatic heterocycles. The molecule has 2 N–H and O–H groups in total. The number of hydrogen-bond acceptors (Lipinski definition) is 3. The maximum Gasteiger partial charge on any atom is 0.191 e. The van der Waals surface area contributed by atoms with Crippen LogP contribution in [-0.2, 0) is 11.3 Å². The fourth-order valence-corrected chi connectivity index (χ4v) is 3.69. The van der Waals surface area contributed by atoms with Gasteiger partial charge in [-0.05, 0) is 37.0 Å². The molecule has 5 heteroatoms. The monoisotopic (exact) mass is 381 g/mol. The predicted molar refractivity (Wildman–Crippen MR) is 114 cm³/mol. The Kier molecular flexibility index (Phi) is 7.31. The van der Waals surface area contributed by atoms with Crippen LogP contribution in [0.15, 0.2) is 53.5 Å². The quantitative estimate of drug-likeness (QED) is 0.590. The number of hydrogen-bond donors (Lipinski definition) is 2. The molecule has 0 radical (unpaired) electrons. The molecule has 1 aliphatic rings. The van der Waals surface area contributed by atoms with Gasteiger partial charge in [0.05, 0.1) is 13.2 Å². The summed E-state index contributed by atoms with van der Waals surface area (Å²) in [7, 11) is 3.51. The van der Waals surface area contributed by atoms with E-state index in [1.54, 1.807) is 14.2 Å². The van der Waals surface area contributed by atoms with Gasteiger partial charge >= 0.3 is 0 Å². The zero-order valence-corrected chi connectivity index (χ0v) is 17.1. The number of guanidine groups is 1. The van der Waals surface area contributed by atoms with Crippen LogP contribution in [0.2, 0.25) is 0 Å². The van der Waals surface area contributed by atoms with Crippen LogP contribution in [0.3, 0.4) is 0 Å². The minimum atomic E-state index is 0.137. The van der Waals surface area contributed by atoms with Gasteiger partial charge in [-0.25, -0.2) is 0 Å². The fourth-order valence-electron chi connectivity index (χ4n) is 3.69. The Morgan fingerprint density at radius 2 is 2.00 bits per heavy atom. The number of aliphatic imine (C=N–C) groups is 1. The molecular weight excluding hydrogens is 350 g/mol. The van der Waals surface area contributed by atoms with Crippen LogP contribution in [0, 0.1) is 12.8 Å². The SMILES string of the molecule is CN=C(NCc1ccc(C)cc1OC)NCC1CCCOC1c1ccccc1. The maximum atomic E-state index is 6.10. The van der Waals surface area contributed by atoms with Gasteiger partial charge in [-0.3, -0.25) is 4.99 Å². The lowest BCUT2D eigenvalue weighted by atomic mass is 9.89. The molecule has 1 fully saturated rings. The number of rotatable bonds is 6. The zero-order chi connectivity index (χ0) is 19.8. The van der Waals surface area contributed by atoms with Crippen LogP contribution in [0.25, 0.3) is 0 Å². The number of nitrogens with zero attached hydrogens (tertiary/aromatic N) is 1. The molecule has 2 unspecified atom stereocenters. The van der Waals surface area contributed by atoms with Crippen molar-refractivity contribution in [3.05, 3.63) is 65.2 Å². The van der Waals surface area contributed by atoms with Crippen LogP contribution in [0.5, 0.6) is 5.75 Å². The van der Waals surface area contributed by atoms with Gasteiger partial charge in [-0.1, -0.05) is 42.5 Å². The molecule has 0 amide bonds. The number of benzene rings is 2. The van der Waals surface area contributed by atoms with Crippen molar-refractivity contribution >= 4 is 5.96 Å². The van der Waals surface area contributed by atoms with E-state index in [4.69, 9.17) is 9.47 Å². The highest BCUT2D eigenvalue weighted by molar-refractivity contribution is 5.79. The Morgan fingerprint density at radius 3 is 2.75 bits per heavy atom. The van der Waals surface area contributed by atoms with Gasteiger partial charge in [0.2, 0.25) is 0 Å². The summed E-state index contributed by atoms with van der Waals surface area (Å²) in [6.07, 6.45) is 2.38. The van der Waals surface area contributed by atoms with Crippen molar-refractivity contribution in [2.75, 3.05) is 27.3 Å². The summed E-state index contributed by atoms with van der Waals surface area (Å²) in [5, 5.41) is 6.87. The van der Waals surface area contributed by atoms with Gasteiger partial charge in [-0.2, -0.15) is 0 Å². The molecule has 0 aliphatic carbocycles. The van der Waals surface area contributed by atoms with Gasteiger partial charge in [0.25, 0.3) is 0 Å². The summed E-state index contributed by atoms with van der Waals surface area (Å²) in [5.74, 6) is 2.11. The Hall–Kier alpha value is -2.53. The average Bonchev–Trinajstić information content (AvgIpc) is 2.75. The van der Waals surface area contributed by atoms with Crippen LogP contribution in [0.4, 0.5) is 0 Å². The van der Waals surface area contributed by atoms with Crippen molar-refractivity contribution in [1.29, 1.82) is 0 Å². The minimum Gasteiger partial charge on any atom is -0.496 e. The molecule has 3 rings (SSSR count). The van der Waals surface area contributed by atoms with E-state index in [2.05, 4.69) is 65.0 Å². The van der Waals surface area contributed by atoms with E-state index in [1.807, 2.05) is 6.07 Å². The van der Waals surface area contributed by atoms with E-state index in [0.29, 0.717) is 12.5 Å². The average molecular weight is 382 g/mol. The highest BCUT2D eigenvalue weighted by Gasteiger charge is 2.27. The summed E-state index contributed by atoms with van der Waals surface area (Å²) < 4.78 is 11.6. The number of nitrogens with one attached hydrogen (secondary N) is 2. The first-order valence-electron chi connectivity index (χ1n) is 9.96. The maximum absolute atomic E-state index is 6.10. The van der Waals surface area contributed by atoms with Gasteiger partial charge in [0.15, 0.2) is 5.96 Å². The van der Waals surface area contributed by atoms with E-state index in [9.17, 15) is 0 Å². The molecule has 2 aromatic rings. The zero-order valence-electron chi connectivity index (χ0n) is 17.1. The normalized spacial score (nSPS) is 19.9. The molecule has 0 aromatic heterocycles. The molecular formula is C23H31N3O2. The van der Waals surface area contributed by atoms with Crippen molar-refractivity contribution in [2.24, 2.45) is 10.9 Å². The van der Waals surface area contributed by atoms with Crippen molar-refractivity contribution in [3.8, 4) is 5.75 Å². The fraction of sp³-hybridized carbons (Fsp3) is 0.435. The van der Waals surface area contributed by atoms with Gasteiger partial charge in [-0.15, -0.1) is 0 Å². The van der Waals surface area contributed by atoms with Crippen molar-refractivity contribution < 1.29 is 9.47 Å². The lowest BCUT2D eigenvalue weighted by Crippen LogP contribution is -2.41. The Balaban J connectivity index is 1.57. The first-order valence-corrected chi connectivity index (χ1v) is 9.96. The van der Waals surface area contributed by atoms with Crippen molar-refractivity contribution in [1.82, 2.24) is 10.6 Å².